The van der Waals surface area contributed by atoms with E-state index < -0.39 is 29.4 Å². The van der Waals surface area contributed by atoms with Crippen LogP contribution in [0.5, 0.6) is 23.0 Å². The summed E-state index contributed by atoms with van der Waals surface area (Å²) in [6.45, 7) is 1.31. The highest BCUT2D eigenvalue weighted by Crippen LogP contribution is 2.40. The SMILES string of the molecule is COC(=O)NC1(c2ccccn2)CCCN(c2cnc(-c3ccc(F)c(F)c3)cc2C(O)c2cnn3c(N(Cc4ccc(OC)cc4OC)Cc4ccc(OC)cc4OC)ncnc23)C1. The van der Waals surface area contributed by atoms with Crippen molar-refractivity contribution in [1.29, 1.82) is 0 Å². The van der Waals surface area contributed by atoms with E-state index in [1.165, 1.54) is 25.7 Å². The molecule has 0 saturated carbocycles. The number of aromatic nitrogens is 6. The van der Waals surface area contributed by atoms with Crippen LogP contribution in [-0.2, 0) is 23.4 Å². The van der Waals surface area contributed by atoms with Crippen molar-refractivity contribution < 1.29 is 42.4 Å². The third-order valence-corrected chi connectivity index (χ3v) is 11.5. The van der Waals surface area contributed by atoms with Crippen LogP contribution < -0.4 is 34.1 Å². The summed E-state index contributed by atoms with van der Waals surface area (Å²) >= 11 is 0. The molecule has 0 radical (unpaired) electrons. The molecule has 4 aromatic heterocycles. The summed E-state index contributed by atoms with van der Waals surface area (Å²) in [6, 6.07) is 21.7. The number of aliphatic hydroxyl groups is 1. The lowest BCUT2D eigenvalue weighted by Crippen LogP contribution is -2.57. The average molecular weight is 888 g/mol. The molecule has 1 fully saturated rings. The number of amides is 1. The zero-order valence-corrected chi connectivity index (χ0v) is 36.4. The molecule has 3 aromatic carbocycles. The van der Waals surface area contributed by atoms with Crippen molar-refractivity contribution >= 4 is 23.4 Å². The lowest BCUT2D eigenvalue weighted by atomic mass is 9.84. The quantitative estimate of drug-likeness (QED) is 0.108. The number of carbonyl (C=O) groups excluding carboxylic acids is 1. The van der Waals surface area contributed by atoms with E-state index >= 15 is 0 Å². The number of benzene rings is 3. The topological polar surface area (TPSA) is 171 Å². The molecule has 65 heavy (non-hydrogen) atoms. The predicted octanol–water partition coefficient (Wildman–Crippen LogP) is 7.03. The summed E-state index contributed by atoms with van der Waals surface area (Å²) in [5, 5.41) is 20.4. The summed E-state index contributed by atoms with van der Waals surface area (Å²) in [6.07, 6.45) is 5.30. The molecular formula is C47H47F2N9O7. The largest absolute Gasteiger partial charge is 0.497 e. The number of halogens is 2. The fraction of sp³-hybridized carbons (Fsp3) is 0.277. The van der Waals surface area contributed by atoms with Gasteiger partial charge in [-0.25, -0.2) is 23.5 Å². The smallest absolute Gasteiger partial charge is 0.407 e. The molecule has 0 aliphatic carbocycles. The molecule has 0 bridgehead atoms. The summed E-state index contributed by atoms with van der Waals surface area (Å²) < 4.78 is 57.9. The van der Waals surface area contributed by atoms with E-state index in [0.717, 1.165) is 23.3 Å². The standard InChI is InChI=1S/C47H47F2N9O7/c1-61-32-13-10-30(40(20-32)63-3)25-57(26-31-11-14-33(62-2)21-41(31)64-4)45-53-28-52-44-35(23-54-58(44)45)43(59)34-22-38(29-12-15-36(48)37(49)19-29)51-24-39(34)56-18-8-16-47(27-56,55-46(60)65-5)42-9-6-7-17-50-42/h6-7,9-15,17,19-24,28,43,59H,8,16,18,25-27H2,1-5H3,(H,55,60). The van der Waals surface area contributed by atoms with Gasteiger partial charge in [-0.1, -0.05) is 6.07 Å². The number of rotatable bonds is 15. The number of nitrogens with zero attached hydrogens (tertiary/aromatic N) is 8. The maximum atomic E-state index is 14.6. The van der Waals surface area contributed by atoms with Gasteiger partial charge in [-0.2, -0.15) is 9.61 Å². The molecule has 336 valence electrons. The molecule has 0 spiro atoms. The van der Waals surface area contributed by atoms with Crippen LogP contribution in [0.3, 0.4) is 0 Å². The minimum Gasteiger partial charge on any atom is -0.497 e. The molecule has 8 rings (SSSR count). The van der Waals surface area contributed by atoms with Gasteiger partial charge < -0.3 is 43.9 Å². The number of methoxy groups -OCH3 is 5. The molecule has 1 aliphatic rings. The van der Waals surface area contributed by atoms with E-state index in [1.807, 2.05) is 46.2 Å². The highest BCUT2D eigenvalue weighted by molar-refractivity contribution is 5.70. The van der Waals surface area contributed by atoms with Crippen molar-refractivity contribution in [2.24, 2.45) is 0 Å². The number of alkyl carbamates (subject to hydrolysis) is 1. The zero-order valence-electron chi connectivity index (χ0n) is 36.4. The normalized spacial score (nSPS) is 15.3. The number of hydrogen-bond acceptors (Lipinski definition) is 14. The second-order valence-corrected chi connectivity index (χ2v) is 15.3. The van der Waals surface area contributed by atoms with Crippen LogP contribution in [-0.4, -0.2) is 89.4 Å². The third-order valence-electron chi connectivity index (χ3n) is 11.5. The van der Waals surface area contributed by atoms with Gasteiger partial charge in [-0.3, -0.25) is 9.97 Å². The van der Waals surface area contributed by atoms with Gasteiger partial charge in [-0.05, 0) is 73.5 Å². The molecule has 2 unspecified atom stereocenters. The number of piperidine rings is 1. The third kappa shape index (κ3) is 8.97. The Labute approximate surface area is 373 Å². The molecule has 18 heteroatoms. The Morgan fingerprint density at radius 2 is 1.54 bits per heavy atom. The first-order chi connectivity index (χ1) is 31.6. The fourth-order valence-electron chi connectivity index (χ4n) is 8.26. The molecule has 1 aliphatic heterocycles. The summed E-state index contributed by atoms with van der Waals surface area (Å²) in [7, 11) is 7.64. The molecule has 5 heterocycles. The lowest BCUT2D eigenvalue weighted by Gasteiger charge is -2.44. The van der Waals surface area contributed by atoms with E-state index in [1.54, 1.807) is 69.6 Å². The highest BCUT2D eigenvalue weighted by Gasteiger charge is 2.41. The van der Waals surface area contributed by atoms with Crippen molar-refractivity contribution in [2.75, 3.05) is 58.4 Å². The Kier molecular flexibility index (Phi) is 12.9. The second kappa shape index (κ2) is 19.0. The number of pyridine rings is 2. The van der Waals surface area contributed by atoms with E-state index in [4.69, 9.17) is 33.8 Å². The van der Waals surface area contributed by atoms with E-state index in [2.05, 4.69) is 20.3 Å². The number of fused-ring (bicyclic) bond motifs is 1. The number of anilines is 2. The predicted molar refractivity (Wildman–Crippen MR) is 236 cm³/mol. The maximum Gasteiger partial charge on any atom is 0.407 e. The molecule has 2 N–H and O–H groups in total. The highest BCUT2D eigenvalue weighted by atomic mass is 19.2. The zero-order chi connectivity index (χ0) is 45.7. The molecule has 16 nitrogen and oxygen atoms in total. The Hall–Kier alpha value is -7.60. The van der Waals surface area contributed by atoms with Crippen molar-refractivity contribution in [3.05, 3.63) is 143 Å². The van der Waals surface area contributed by atoms with Gasteiger partial charge in [0.15, 0.2) is 17.3 Å². The van der Waals surface area contributed by atoms with Gasteiger partial charge in [0.05, 0.1) is 70.6 Å². The Morgan fingerprint density at radius 3 is 2.17 bits per heavy atom. The van der Waals surface area contributed by atoms with Gasteiger partial charge in [0.25, 0.3) is 0 Å². The van der Waals surface area contributed by atoms with E-state index in [0.29, 0.717) is 82.1 Å². The number of ether oxygens (including phenoxy) is 5. The first-order valence-corrected chi connectivity index (χ1v) is 20.6. The molecule has 7 aromatic rings. The van der Waals surface area contributed by atoms with Crippen LogP contribution in [0.25, 0.3) is 16.9 Å². The minimum absolute atomic E-state index is 0.227. The number of aliphatic hydroxyl groups excluding tert-OH is 1. The van der Waals surface area contributed by atoms with Crippen molar-refractivity contribution in [1.82, 2.24) is 34.9 Å². The van der Waals surface area contributed by atoms with E-state index in [-0.39, 0.29) is 25.3 Å². The van der Waals surface area contributed by atoms with Gasteiger partial charge in [0, 0.05) is 66.8 Å². The van der Waals surface area contributed by atoms with Crippen LogP contribution in [0, 0.1) is 11.6 Å². The number of carbonyl (C=O) groups is 1. The van der Waals surface area contributed by atoms with Gasteiger partial charge in [0.2, 0.25) is 5.95 Å². The van der Waals surface area contributed by atoms with Crippen LogP contribution in [0.15, 0.2) is 104 Å². The van der Waals surface area contributed by atoms with Gasteiger partial charge in [0.1, 0.15) is 41.0 Å². The fourth-order valence-corrected chi connectivity index (χ4v) is 8.26. The molecular weight excluding hydrogens is 841 g/mol. The van der Waals surface area contributed by atoms with Crippen molar-refractivity contribution in [3.63, 3.8) is 0 Å². The van der Waals surface area contributed by atoms with E-state index in [9.17, 15) is 18.7 Å². The molecule has 2 atom stereocenters. The van der Waals surface area contributed by atoms with Gasteiger partial charge in [-0.15, -0.1) is 0 Å². The number of nitrogens with one attached hydrogen (secondary N) is 1. The van der Waals surface area contributed by atoms with Crippen LogP contribution in [0.4, 0.5) is 25.2 Å². The Morgan fingerprint density at radius 1 is 0.815 bits per heavy atom. The van der Waals surface area contributed by atoms with Gasteiger partial charge >= 0.3 is 6.09 Å². The first-order valence-electron chi connectivity index (χ1n) is 20.6. The summed E-state index contributed by atoms with van der Waals surface area (Å²) in [4.78, 5) is 35.5. The average Bonchev–Trinajstić information content (AvgIpc) is 3.79. The monoisotopic (exact) mass is 887 g/mol. The summed E-state index contributed by atoms with van der Waals surface area (Å²) in [5.74, 6) is 0.758. The molecule has 1 saturated heterocycles. The maximum absolute atomic E-state index is 14.6. The van der Waals surface area contributed by atoms with Crippen LogP contribution in [0.2, 0.25) is 0 Å². The van der Waals surface area contributed by atoms with Crippen LogP contribution >= 0.6 is 0 Å². The molecule has 1 amide bonds. The van der Waals surface area contributed by atoms with Crippen molar-refractivity contribution in [3.8, 4) is 34.3 Å². The lowest BCUT2D eigenvalue weighted by molar-refractivity contribution is 0.148. The first kappa shape index (κ1) is 44.0. The second-order valence-electron chi connectivity index (χ2n) is 15.3. The van der Waals surface area contributed by atoms with Crippen molar-refractivity contribution in [2.45, 2.75) is 37.6 Å². The minimum atomic E-state index is -1.39. The Balaban J connectivity index is 1.24. The van der Waals surface area contributed by atoms with Crippen LogP contribution in [0.1, 0.15) is 46.9 Å². The number of hydrogen-bond donors (Lipinski definition) is 2. The Bertz CT molecular complexity index is 2760. The summed E-state index contributed by atoms with van der Waals surface area (Å²) in [5.41, 5.74) is 3.35.